The quantitative estimate of drug-likeness (QED) is 0.930. The Labute approximate surface area is 118 Å². The normalized spacial score (nSPS) is 19.3. The predicted octanol–water partition coefficient (Wildman–Crippen LogP) is 2.31. The molecular formula is C13H18ClNO3S. The molecule has 1 aromatic rings. The molecule has 1 heterocycles. The zero-order valence-electron chi connectivity index (χ0n) is 10.8. The monoisotopic (exact) mass is 303 g/mol. The summed E-state index contributed by atoms with van der Waals surface area (Å²) in [6, 6.07) is 4.75. The molecule has 0 amide bonds. The molecule has 1 aliphatic heterocycles. The smallest absolute Gasteiger partial charge is 0.182 e. The molecule has 2 rings (SSSR count). The second-order valence-corrected chi connectivity index (χ2v) is 7.44. The minimum Gasteiger partial charge on any atom is -0.381 e. The van der Waals surface area contributed by atoms with E-state index >= 15 is 0 Å². The van der Waals surface area contributed by atoms with Crippen molar-refractivity contribution in [2.24, 2.45) is 5.73 Å². The summed E-state index contributed by atoms with van der Waals surface area (Å²) in [5.41, 5.74) is 6.59. The van der Waals surface area contributed by atoms with E-state index in [0.29, 0.717) is 26.1 Å². The number of hydrogen-bond donors (Lipinski definition) is 1. The van der Waals surface area contributed by atoms with Gasteiger partial charge in [0.1, 0.15) is 0 Å². The van der Waals surface area contributed by atoms with Crippen molar-refractivity contribution in [3.63, 3.8) is 0 Å². The fourth-order valence-corrected chi connectivity index (χ4v) is 4.47. The van der Waals surface area contributed by atoms with Crippen LogP contribution in [0.1, 0.15) is 31.4 Å². The van der Waals surface area contributed by atoms with E-state index in [1.54, 1.807) is 18.2 Å². The Bertz CT molecular complexity index is 551. The molecule has 4 nitrogen and oxygen atoms in total. The number of sulfone groups is 1. The maximum atomic E-state index is 12.5. The van der Waals surface area contributed by atoms with Crippen LogP contribution in [0.5, 0.6) is 0 Å². The van der Waals surface area contributed by atoms with Crippen LogP contribution in [-0.4, -0.2) is 26.9 Å². The molecule has 106 valence electrons. The van der Waals surface area contributed by atoms with Gasteiger partial charge in [0.15, 0.2) is 9.84 Å². The van der Waals surface area contributed by atoms with Crippen molar-refractivity contribution >= 4 is 21.4 Å². The summed E-state index contributed by atoms with van der Waals surface area (Å²) in [4.78, 5) is 0.200. The van der Waals surface area contributed by atoms with Gasteiger partial charge in [0.2, 0.25) is 0 Å². The van der Waals surface area contributed by atoms with E-state index in [2.05, 4.69) is 0 Å². The molecule has 0 spiro atoms. The number of ether oxygens (including phenoxy) is 1. The van der Waals surface area contributed by atoms with E-state index in [-0.39, 0.29) is 16.0 Å². The number of nitrogens with two attached hydrogens (primary N) is 1. The van der Waals surface area contributed by atoms with Crippen LogP contribution < -0.4 is 5.73 Å². The molecule has 1 aromatic carbocycles. The highest BCUT2D eigenvalue weighted by Crippen LogP contribution is 2.30. The summed E-state index contributed by atoms with van der Waals surface area (Å²) in [6.45, 7) is 2.80. The molecule has 0 aromatic heterocycles. The molecule has 1 unspecified atom stereocenters. The summed E-state index contributed by atoms with van der Waals surface area (Å²) in [7, 11) is -3.39. The standard InChI is InChI=1S/C13H18ClNO3S/c1-9(15)10-2-3-13(12(14)8-10)19(16,17)11-4-6-18-7-5-11/h2-3,8-9,11H,4-7,15H2,1H3. The van der Waals surface area contributed by atoms with Crippen molar-refractivity contribution in [1.29, 1.82) is 0 Å². The van der Waals surface area contributed by atoms with Crippen molar-refractivity contribution in [2.45, 2.75) is 36.0 Å². The maximum Gasteiger partial charge on any atom is 0.182 e. The van der Waals surface area contributed by atoms with Crippen LogP contribution in [0.3, 0.4) is 0 Å². The van der Waals surface area contributed by atoms with Crippen molar-refractivity contribution in [3.05, 3.63) is 28.8 Å². The van der Waals surface area contributed by atoms with Crippen LogP contribution in [0.2, 0.25) is 5.02 Å². The van der Waals surface area contributed by atoms with Crippen LogP contribution in [0, 0.1) is 0 Å². The minimum absolute atomic E-state index is 0.169. The van der Waals surface area contributed by atoms with E-state index in [1.165, 1.54) is 0 Å². The molecule has 1 saturated heterocycles. The van der Waals surface area contributed by atoms with Crippen LogP contribution >= 0.6 is 11.6 Å². The third-order valence-corrected chi connectivity index (χ3v) is 6.14. The SMILES string of the molecule is CC(N)c1ccc(S(=O)(=O)C2CCOCC2)c(Cl)c1. The van der Waals surface area contributed by atoms with E-state index in [9.17, 15) is 8.42 Å². The third-order valence-electron chi connectivity index (χ3n) is 3.40. The average Bonchev–Trinajstić information content (AvgIpc) is 2.39. The first-order chi connectivity index (χ1) is 8.93. The molecule has 19 heavy (non-hydrogen) atoms. The second kappa shape index (κ2) is 5.79. The van der Waals surface area contributed by atoms with Gasteiger partial charge >= 0.3 is 0 Å². The first kappa shape index (κ1) is 14.8. The van der Waals surface area contributed by atoms with Crippen molar-refractivity contribution < 1.29 is 13.2 Å². The molecule has 1 atom stereocenters. The van der Waals surface area contributed by atoms with Crippen LogP contribution in [0.4, 0.5) is 0 Å². The fourth-order valence-electron chi connectivity index (χ4n) is 2.20. The van der Waals surface area contributed by atoms with Gasteiger partial charge in [-0.05, 0) is 37.5 Å². The molecule has 2 N–H and O–H groups in total. The average molecular weight is 304 g/mol. The van der Waals surface area contributed by atoms with Crippen LogP contribution in [0.15, 0.2) is 23.1 Å². The van der Waals surface area contributed by atoms with Gasteiger partial charge in [-0.3, -0.25) is 0 Å². The van der Waals surface area contributed by atoms with Gasteiger partial charge in [0, 0.05) is 19.3 Å². The zero-order chi connectivity index (χ0) is 14.0. The molecule has 0 bridgehead atoms. The Kier molecular flexibility index (Phi) is 4.50. The van der Waals surface area contributed by atoms with Gasteiger partial charge < -0.3 is 10.5 Å². The van der Waals surface area contributed by atoms with Gasteiger partial charge in [-0.25, -0.2) is 8.42 Å². The van der Waals surface area contributed by atoms with Crippen LogP contribution in [0.25, 0.3) is 0 Å². The lowest BCUT2D eigenvalue weighted by atomic mass is 10.1. The molecule has 6 heteroatoms. The summed E-state index contributed by atoms with van der Waals surface area (Å²) in [5, 5.41) is -0.152. The largest absolute Gasteiger partial charge is 0.381 e. The van der Waals surface area contributed by atoms with Crippen molar-refractivity contribution in [2.75, 3.05) is 13.2 Å². The van der Waals surface area contributed by atoms with E-state index in [4.69, 9.17) is 22.1 Å². The minimum atomic E-state index is -3.39. The van der Waals surface area contributed by atoms with Crippen molar-refractivity contribution in [1.82, 2.24) is 0 Å². The Morgan fingerprint density at radius 1 is 1.37 bits per heavy atom. The number of hydrogen-bond acceptors (Lipinski definition) is 4. The first-order valence-corrected chi connectivity index (χ1v) is 8.22. The van der Waals surface area contributed by atoms with E-state index in [0.717, 1.165) is 5.56 Å². The molecule has 0 aliphatic carbocycles. The lowest BCUT2D eigenvalue weighted by Crippen LogP contribution is -2.29. The summed E-state index contributed by atoms with van der Waals surface area (Å²) in [5.74, 6) is 0. The summed E-state index contributed by atoms with van der Waals surface area (Å²) >= 11 is 6.11. The lowest BCUT2D eigenvalue weighted by molar-refractivity contribution is 0.0983. The highest BCUT2D eigenvalue weighted by atomic mass is 35.5. The van der Waals surface area contributed by atoms with Gasteiger partial charge in [0.05, 0.1) is 15.2 Å². The zero-order valence-corrected chi connectivity index (χ0v) is 12.4. The Hall–Kier alpha value is -0.620. The van der Waals surface area contributed by atoms with Gasteiger partial charge in [-0.2, -0.15) is 0 Å². The van der Waals surface area contributed by atoms with Crippen LogP contribution in [-0.2, 0) is 14.6 Å². The topological polar surface area (TPSA) is 69.4 Å². The lowest BCUT2D eigenvalue weighted by Gasteiger charge is -2.23. The van der Waals surface area contributed by atoms with Gasteiger partial charge in [-0.15, -0.1) is 0 Å². The fraction of sp³-hybridized carbons (Fsp3) is 0.538. The van der Waals surface area contributed by atoms with Crippen molar-refractivity contribution in [3.8, 4) is 0 Å². The van der Waals surface area contributed by atoms with Gasteiger partial charge in [0.25, 0.3) is 0 Å². The van der Waals surface area contributed by atoms with Gasteiger partial charge in [-0.1, -0.05) is 17.7 Å². The maximum absolute atomic E-state index is 12.5. The first-order valence-electron chi connectivity index (χ1n) is 6.29. The number of rotatable bonds is 3. The molecule has 1 fully saturated rings. The van der Waals surface area contributed by atoms with E-state index < -0.39 is 15.1 Å². The Morgan fingerprint density at radius 3 is 2.53 bits per heavy atom. The molecule has 0 saturated carbocycles. The number of halogens is 1. The number of benzene rings is 1. The third kappa shape index (κ3) is 3.11. The summed E-state index contributed by atoms with van der Waals surface area (Å²) < 4.78 is 30.2. The molecule has 0 radical (unpaired) electrons. The highest BCUT2D eigenvalue weighted by Gasteiger charge is 2.31. The molecular weight excluding hydrogens is 286 g/mol. The highest BCUT2D eigenvalue weighted by molar-refractivity contribution is 7.92. The van der Waals surface area contributed by atoms with E-state index in [1.807, 2.05) is 6.92 Å². The Morgan fingerprint density at radius 2 is 2.00 bits per heavy atom. The predicted molar refractivity (Wildman–Crippen MR) is 75.1 cm³/mol. The molecule has 1 aliphatic rings. The second-order valence-electron chi connectivity index (χ2n) is 4.84. The summed E-state index contributed by atoms with van der Waals surface area (Å²) in [6.07, 6.45) is 1.04. The Balaban J connectivity index is 2.35.